The Labute approximate surface area is 287 Å². The molecule has 4 unspecified atom stereocenters. The van der Waals surface area contributed by atoms with E-state index in [1.54, 1.807) is 0 Å². The van der Waals surface area contributed by atoms with Crippen molar-refractivity contribution in [1.82, 2.24) is 19.6 Å². The van der Waals surface area contributed by atoms with Crippen LogP contribution in [0.4, 0.5) is 0 Å². The van der Waals surface area contributed by atoms with Crippen molar-refractivity contribution in [2.45, 2.75) is 64.4 Å². The second-order valence-corrected chi connectivity index (χ2v) is 11.6. The van der Waals surface area contributed by atoms with Crippen LogP contribution in [0.2, 0.25) is 0 Å². The van der Waals surface area contributed by atoms with Crippen molar-refractivity contribution in [2.75, 3.05) is 113 Å². The van der Waals surface area contributed by atoms with E-state index < -0.39 is 12.9 Å². The Bertz CT molecular complexity index is 835. The van der Waals surface area contributed by atoms with E-state index in [1.165, 1.54) is 0 Å². The van der Waals surface area contributed by atoms with E-state index in [9.17, 15) is 30.6 Å². The smallest absolute Gasteiger partial charge is 0.144 e. The molecule has 0 aromatic heterocycles. The lowest BCUT2D eigenvalue weighted by atomic mass is 10.2. The quantitative estimate of drug-likeness (QED) is 0.0531. The first kappa shape index (κ1) is 44.5. The average molecular weight is 693 g/mol. The van der Waals surface area contributed by atoms with Gasteiger partial charge in [0.05, 0.1) is 31.8 Å². The van der Waals surface area contributed by atoms with Gasteiger partial charge in [0.2, 0.25) is 0 Å². The van der Waals surface area contributed by atoms with Gasteiger partial charge in [-0.3, -0.25) is 19.6 Å². The van der Waals surface area contributed by atoms with E-state index in [4.69, 9.17) is 23.7 Å². The molecule has 0 aliphatic heterocycles. The number of aliphatic hydroxyl groups is 6. The van der Waals surface area contributed by atoms with Crippen LogP contribution in [0.1, 0.15) is 40.0 Å². The van der Waals surface area contributed by atoms with Crippen molar-refractivity contribution >= 4 is 0 Å². The summed E-state index contributed by atoms with van der Waals surface area (Å²) in [4.78, 5) is 8.16. The van der Waals surface area contributed by atoms with Crippen molar-refractivity contribution in [3.05, 3.63) is 30.3 Å². The first-order chi connectivity index (χ1) is 23.4. The van der Waals surface area contributed by atoms with Gasteiger partial charge in [-0.25, -0.2) is 0 Å². The Hall–Kier alpha value is -1.54. The van der Waals surface area contributed by atoms with Gasteiger partial charge in [-0.1, -0.05) is 39.0 Å². The fourth-order valence-corrected chi connectivity index (χ4v) is 5.21. The lowest BCUT2D eigenvalue weighted by Crippen LogP contribution is -2.48. The zero-order valence-electron chi connectivity index (χ0n) is 29.4. The molecule has 0 radical (unpaired) electrons. The predicted octanol–water partition coefficient (Wildman–Crippen LogP) is -0.257. The molecule has 0 aliphatic rings. The van der Waals surface area contributed by atoms with E-state index in [2.05, 4.69) is 9.80 Å². The van der Waals surface area contributed by atoms with Crippen LogP contribution >= 0.6 is 0 Å². The van der Waals surface area contributed by atoms with Crippen LogP contribution < -0.4 is 4.74 Å². The number of hydrogen-bond donors (Lipinski definition) is 6. The topological polar surface area (TPSA) is 180 Å². The van der Waals surface area contributed by atoms with Gasteiger partial charge in [0.25, 0.3) is 0 Å². The molecule has 15 nitrogen and oxygen atoms in total. The molecule has 282 valence electrons. The number of hydrogen-bond acceptors (Lipinski definition) is 15. The number of ether oxygens (including phenoxy) is 5. The number of benzene rings is 1. The predicted molar refractivity (Wildman–Crippen MR) is 181 cm³/mol. The molecule has 0 saturated carbocycles. The van der Waals surface area contributed by atoms with Crippen molar-refractivity contribution in [3.8, 4) is 5.75 Å². The minimum atomic E-state index is -0.483. The van der Waals surface area contributed by atoms with E-state index in [0.717, 1.165) is 12.8 Å². The van der Waals surface area contributed by atoms with Gasteiger partial charge >= 0.3 is 0 Å². The van der Waals surface area contributed by atoms with Crippen molar-refractivity contribution in [3.63, 3.8) is 0 Å². The largest absolute Gasteiger partial charge is 0.491 e. The first-order valence-corrected chi connectivity index (χ1v) is 17.1. The molecule has 1 aromatic carbocycles. The molecule has 15 heteroatoms. The van der Waals surface area contributed by atoms with Gasteiger partial charge in [-0.2, -0.15) is 0 Å². The molecule has 0 heterocycles. The Balaban J connectivity index is 3.03. The summed E-state index contributed by atoms with van der Waals surface area (Å²) in [6.07, 6.45) is 1.07. The molecule has 0 amide bonds. The molecule has 0 saturated heterocycles. The van der Waals surface area contributed by atoms with E-state index >= 15 is 0 Å². The second-order valence-electron chi connectivity index (χ2n) is 11.6. The van der Waals surface area contributed by atoms with Gasteiger partial charge in [-0.15, -0.1) is 0 Å². The van der Waals surface area contributed by atoms with Crippen LogP contribution in [0.15, 0.2) is 30.3 Å². The molecule has 6 N–H and O–H groups in total. The Morgan fingerprint density at radius 1 is 0.479 bits per heavy atom. The molecular formula is C33H64N4O11. The molecule has 0 spiro atoms. The molecule has 0 fully saturated rings. The Morgan fingerprint density at radius 3 is 1.23 bits per heavy atom. The summed E-state index contributed by atoms with van der Waals surface area (Å²) in [5.41, 5.74) is 0. The number of rotatable bonds is 33. The summed E-state index contributed by atoms with van der Waals surface area (Å²) in [6.45, 7) is 9.62. The van der Waals surface area contributed by atoms with E-state index in [-0.39, 0.29) is 58.8 Å². The maximum atomic E-state index is 10.2. The normalized spacial score (nSPS) is 14.7. The average Bonchev–Trinajstić information content (AvgIpc) is 3.11. The summed E-state index contributed by atoms with van der Waals surface area (Å²) >= 11 is 0. The van der Waals surface area contributed by atoms with Gasteiger partial charge < -0.3 is 54.3 Å². The van der Waals surface area contributed by atoms with Crippen LogP contribution in [-0.2, 0) is 18.9 Å². The standard InChI is InChI=1S/C33H64N4O11/c1-4-29(45-25-40)18-35(19-30(5-2)46-26-41)15-12-34(13-16-36(23-38)20-31(6-3)47-27-42)14-17-37(24-39)21-33(48-28-43)22-44-32-10-8-7-9-11-32/h7-11,29-31,33,38-43H,4-6,12-28H2,1-3H3. The fourth-order valence-electron chi connectivity index (χ4n) is 5.21. The summed E-state index contributed by atoms with van der Waals surface area (Å²) in [5, 5.41) is 57.8. The molecule has 1 rings (SSSR count). The molecule has 4 atom stereocenters. The van der Waals surface area contributed by atoms with Gasteiger partial charge in [0, 0.05) is 65.4 Å². The molecule has 48 heavy (non-hydrogen) atoms. The summed E-state index contributed by atoms with van der Waals surface area (Å²) in [7, 11) is 0. The van der Waals surface area contributed by atoms with Crippen LogP contribution in [-0.4, -0.2) is 187 Å². The summed E-state index contributed by atoms with van der Waals surface area (Å²) < 4.78 is 27.8. The third-order valence-electron chi connectivity index (χ3n) is 8.23. The Kier molecular flexibility index (Phi) is 27.1. The number of aliphatic hydroxyl groups excluding tert-OH is 6. The zero-order valence-corrected chi connectivity index (χ0v) is 29.4. The summed E-state index contributed by atoms with van der Waals surface area (Å²) in [5.74, 6) is 0.683. The van der Waals surface area contributed by atoms with E-state index in [0.29, 0.717) is 77.6 Å². The molecular weight excluding hydrogens is 628 g/mol. The highest BCUT2D eigenvalue weighted by Crippen LogP contribution is 2.11. The maximum Gasteiger partial charge on any atom is 0.144 e. The van der Waals surface area contributed by atoms with Crippen LogP contribution in [0.5, 0.6) is 5.75 Å². The lowest BCUT2D eigenvalue weighted by Gasteiger charge is -2.34. The molecule has 0 aliphatic carbocycles. The maximum absolute atomic E-state index is 10.2. The third-order valence-corrected chi connectivity index (χ3v) is 8.23. The summed E-state index contributed by atoms with van der Waals surface area (Å²) in [6, 6.07) is 9.32. The lowest BCUT2D eigenvalue weighted by molar-refractivity contribution is -0.0839. The van der Waals surface area contributed by atoms with Crippen molar-refractivity contribution < 1.29 is 54.3 Å². The van der Waals surface area contributed by atoms with Crippen molar-refractivity contribution in [1.29, 1.82) is 0 Å². The van der Waals surface area contributed by atoms with Crippen LogP contribution in [0, 0.1) is 0 Å². The highest BCUT2D eigenvalue weighted by atomic mass is 16.6. The Morgan fingerprint density at radius 2 is 0.833 bits per heavy atom. The number of nitrogens with zero attached hydrogens (tertiary/aromatic N) is 4. The fraction of sp³-hybridized carbons (Fsp3) is 0.818. The van der Waals surface area contributed by atoms with Gasteiger partial charge in [-0.05, 0) is 31.4 Å². The SMILES string of the molecule is CCC(CN(CO)CCN(CCN(CO)CC(COc1ccccc1)OCO)CCN(CC(CC)OCO)CC(CC)OCO)OCO. The van der Waals surface area contributed by atoms with Gasteiger partial charge in [0.15, 0.2) is 0 Å². The number of para-hydroxylation sites is 1. The minimum absolute atomic E-state index is 0.164. The highest BCUT2D eigenvalue weighted by molar-refractivity contribution is 5.20. The van der Waals surface area contributed by atoms with Crippen molar-refractivity contribution in [2.24, 2.45) is 0 Å². The molecule has 0 bridgehead atoms. The third kappa shape index (κ3) is 20.2. The van der Waals surface area contributed by atoms with Crippen LogP contribution in [0.3, 0.4) is 0 Å². The molecule has 1 aromatic rings. The highest BCUT2D eigenvalue weighted by Gasteiger charge is 2.21. The second kappa shape index (κ2) is 29.2. The minimum Gasteiger partial charge on any atom is -0.491 e. The monoisotopic (exact) mass is 692 g/mol. The van der Waals surface area contributed by atoms with E-state index in [1.807, 2.05) is 60.9 Å². The van der Waals surface area contributed by atoms with Gasteiger partial charge in [0.1, 0.15) is 45.6 Å². The first-order valence-electron chi connectivity index (χ1n) is 17.1. The zero-order chi connectivity index (χ0) is 35.4. The van der Waals surface area contributed by atoms with Crippen LogP contribution in [0.25, 0.3) is 0 Å².